The second-order valence-corrected chi connectivity index (χ2v) is 7.82. The average molecular weight is 418 g/mol. The summed E-state index contributed by atoms with van der Waals surface area (Å²) < 4.78 is 13.2. The van der Waals surface area contributed by atoms with E-state index in [1.165, 1.54) is 23.5 Å². The van der Waals surface area contributed by atoms with E-state index in [-0.39, 0.29) is 11.7 Å². The summed E-state index contributed by atoms with van der Waals surface area (Å²) in [5, 5.41) is 0.695. The molecule has 0 bridgehead atoms. The molecule has 4 aromatic rings. The lowest BCUT2D eigenvalue weighted by Gasteiger charge is -2.22. The first-order chi connectivity index (χ1) is 14.6. The highest BCUT2D eigenvalue weighted by Gasteiger charge is 2.23. The Balaban J connectivity index is 1.64. The second kappa shape index (κ2) is 8.92. The molecular weight excluding hydrogens is 399 g/mol. The maximum absolute atomic E-state index is 13.5. The topological polar surface area (TPSA) is 59.0 Å². The molecule has 3 heterocycles. The summed E-state index contributed by atoms with van der Waals surface area (Å²) >= 11 is 1.32. The zero-order chi connectivity index (χ0) is 20.9. The van der Waals surface area contributed by atoms with Gasteiger partial charge in [0.05, 0.1) is 5.69 Å². The Labute approximate surface area is 177 Å². The number of thiazole rings is 1. The van der Waals surface area contributed by atoms with Crippen LogP contribution in [0.2, 0.25) is 0 Å². The highest BCUT2D eigenvalue weighted by molar-refractivity contribution is 7.17. The van der Waals surface area contributed by atoms with E-state index < -0.39 is 0 Å². The van der Waals surface area contributed by atoms with E-state index >= 15 is 0 Å². The molecule has 1 amide bonds. The quantitative estimate of drug-likeness (QED) is 0.447. The highest BCUT2D eigenvalue weighted by Crippen LogP contribution is 2.29. The van der Waals surface area contributed by atoms with Crippen molar-refractivity contribution >= 4 is 17.2 Å². The molecule has 7 heteroatoms. The van der Waals surface area contributed by atoms with Crippen LogP contribution in [0.15, 0.2) is 73.3 Å². The Kier molecular flexibility index (Phi) is 5.90. The van der Waals surface area contributed by atoms with Crippen LogP contribution in [0.3, 0.4) is 0 Å². The first kappa shape index (κ1) is 19.8. The summed E-state index contributed by atoms with van der Waals surface area (Å²) in [6.45, 7) is 2.70. The molecule has 0 saturated carbocycles. The summed E-state index contributed by atoms with van der Waals surface area (Å²) in [5.74, 6) is -0.401. The standard InChI is InChI=1S/C23H19FN4OS/c1-16-21(30-22(27-16)19-4-6-20(24)7-5-19)23(29)28(14-17-8-11-25-12-9-17)15-18-3-2-10-26-13-18/h2-13H,14-15H2,1H3. The molecule has 0 atom stereocenters. The molecule has 0 aliphatic rings. The molecule has 0 spiro atoms. The fourth-order valence-corrected chi connectivity index (χ4v) is 4.11. The van der Waals surface area contributed by atoms with Crippen molar-refractivity contribution in [3.63, 3.8) is 0 Å². The molecular formula is C23H19FN4OS. The lowest BCUT2D eigenvalue weighted by Crippen LogP contribution is -2.30. The molecule has 0 fully saturated rings. The van der Waals surface area contributed by atoms with Crippen LogP contribution < -0.4 is 0 Å². The lowest BCUT2D eigenvalue weighted by molar-refractivity contribution is 0.0734. The summed E-state index contributed by atoms with van der Waals surface area (Å²) in [6.07, 6.45) is 6.90. The normalized spacial score (nSPS) is 10.7. The largest absolute Gasteiger partial charge is 0.329 e. The molecule has 0 saturated heterocycles. The van der Waals surface area contributed by atoms with Gasteiger partial charge in [-0.25, -0.2) is 9.37 Å². The maximum atomic E-state index is 13.5. The third-order valence-electron chi connectivity index (χ3n) is 4.59. The van der Waals surface area contributed by atoms with E-state index in [9.17, 15) is 9.18 Å². The number of pyridine rings is 2. The number of rotatable bonds is 6. The van der Waals surface area contributed by atoms with E-state index in [0.29, 0.717) is 28.7 Å². The maximum Gasteiger partial charge on any atom is 0.266 e. The number of aryl methyl sites for hydroxylation is 1. The Morgan fingerprint density at radius 2 is 1.70 bits per heavy atom. The van der Waals surface area contributed by atoms with Crippen LogP contribution in [-0.2, 0) is 13.1 Å². The Bertz CT molecular complexity index is 1090. The molecule has 0 unspecified atom stereocenters. The number of aromatic nitrogens is 3. The third kappa shape index (κ3) is 4.58. The van der Waals surface area contributed by atoms with E-state index in [0.717, 1.165) is 16.7 Å². The molecule has 0 aliphatic carbocycles. The van der Waals surface area contributed by atoms with Crippen LogP contribution in [0.5, 0.6) is 0 Å². The van der Waals surface area contributed by atoms with Crippen LogP contribution >= 0.6 is 11.3 Å². The van der Waals surface area contributed by atoms with Crippen molar-refractivity contribution in [3.8, 4) is 10.6 Å². The SMILES string of the molecule is Cc1nc(-c2ccc(F)cc2)sc1C(=O)N(Cc1ccncc1)Cc1cccnc1. The minimum atomic E-state index is -0.302. The van der Waals surface area contributed by atoms with Crippen LogP contribution in [0.1, 0.15) is 26.5 Å². The zero-order valence-electron chi connectivity index (χ0n) is 16.3. The van der Waals surface area contributed by atoms with Crippen LogP contribution in [-0.4, -0.2) is 25.8 Å². The zero-order valence-corrected chi connectivity index (χ0v) is 17.1. The number of halogens is 1. The van der Waals surface area contributed by atoms with Gasteiger partial charge in [0, 0.05) is 43.4 Å². The Hall–Kier alpha value is -3.45. The predicted molar refractivity (Wildman–Crippen MR) is 114 cm³/mol. The fraction of sp³-hybridized carbons (Fsp3) is 0.130. The van der Waals surface area contributed by atoms with Crippen molar-refractivity contribution in [1.29, 1.82) is 0 Å². The number of benzene rings is 1. The molecule has 30 heavy (non-hydrogen) atoms. The first-order valence-corrected chi connectivity index (χ1v) is 10.2. The van der Waals surface area contributed by atoms with Crippen molar-refractivity contribution in [2.45, 2.75) is 20.0 Å². The van der Waals surface area contributed by atoms with Crippen LogP contribution in [0.25, 0.3) is 10.6 Å². The van der Waals surface area contributed by atoms with Gasteiger partial charge in [-0.2, -0.15) is 0 Å². The Morgan fingerprint density at radius 1 is 0.967 bits per heavy atom. The van der Waals surface area contributed by atoms with Crippen molar-refractivity contribution in [2.24, 2.45) is 0 Å². The number of carbonyl (C=O) groups excluding carboxylic acids is 1. The number of hydrogen-bond donors (Lipinski definition) is 0. The highest BCUT2D eigenvalue weighted by atomic mass is 32.1. The van der Waals surface area contributed by atoms with Gasteiger partial charge < -0.3 is 4.90 Å². The summed E-state index contributed by atoms with van der Waals surface area (Å²) in [6, 6.07) is 13.7. The molecule has 150 valence electrons. The van der Waals surface area contributed by atoms with E-state index in [1.807, 2.05) is 31.2 Å². The molecule has 0 aliphatic heterocycles. The smallest absolute Gasteiger partial charge is 0.266 e. The van der Waals surface area contributed by atoms with E-state index in [4.69, 9.17) is 0 Å². The van der Waals surface area contributed by atoms with Gasteiger partial charge in [-0.05, 0) is 60.5 Å². The summed E-state index contributed by atoms with van der Waals surface area (Å²) in [7, 11) is 0. The monoisotopic (exact) mass is 418 g/mol. The van der Waals surface area contributed by atoms with Crippen LogP contribution in [0, 0.1) is 12.7 Å². The second-order valence-electron chi connectivity index (χ2n) is 6.82. The molecule has 0 N–H and O–H groups in total. The van der Waals surface area contributed by atoms with Gasteiger partial charge in [0.1, 0.15) is 15.7 Å². The lowest BCUT2D eigenvalue weighted by atomic mass is 10.2. The van der Waals surface area contributed by atoms with Gasteiger partial charge in [-0.15, -0.1) is 11.3 Å². The van der Waals surface area contributed by atoms with Gasteiger partial charge in [-0.3, -0.25) is 14.8 Å². The van der Waals surface area contributed by atoms with Gasteiger partial charge in [-0.1, -0.05) is 6.07 Å². The summed E-state index contributed by atoms with van der Waals surface area (Å²) in [5.41, 5.74) is 3.38. The first-order valence-electron chi connectivity index (χ1n) is 9.40. The molecule has 4 rings (SSSR count). The fourth-order valence-electron chi connectivity index (χ4n) is 3.07. The molecule has 1 aromatic carbocycles. The van der Waals surface area contributed by atoms with Gasteiger partial charge in [0.25, 0.3) is 5.91 Å². The van der Waals surface area contributed by atoms with Crippen molar-refractivity contribution in [1.82, 2.24) is 19.9 Å². The molecule has 5 nitrogen and oxygen atoms in total. The number of carbonyl (C=O) groups is 1. The van der Waals surface area contributed by atoms with Gasteiger partial charge in [0.15, 0.2) is 0 Å². The van der Waals surface area contributed by atoms with Gasteiger partial charge in [0.2, 0.25) is 0 Å². The summed E-state index contributed by atoms with van der Waals surface area (Å²) in [4.78, 5) is 28.6. The Morgan fingerprint density at radius 3 is 2.40 bits per heavy atom. The average Bonchev–Trinajstić information content (AvgIpc) is 3.16. The van der Waals surface area contributed by atoms with Crippen molar-refractivity contribution in [3.05, 3.63) is 101 Å². The van der Waals surface area contributed by atoms with Crippen molar-refractivity contribution in [2.75, 3.05) is 0 Å². The van der Waals surface area contributed by atoms with Crippen LogP contribution in [0.4, 0.5) is 4.39 Å². The van der Waals surface area contributed by atoms with E-state index in [1.54, 1.807) is 41.8 Å². The molecule has 0 radical (unpaired) electrons. The number of amides is 1. The predicted octanol–water partition coefficient (Wildman–Crippen LogP) is 4.89. The third-order valence-corrected chi connectivity index (χ3v) is 5.78. The minimum Gasteiger partial charge on any atom is -0.329 e. The van der Waals surface area contributed by atoms with E-state index in [2.05, 4.69) is 15.0 Å². The van der Waals surface area contributed by atoms with Crippen molar-refractivity contribution < 1.29 is 9.18 Å². The minimum absolute atomic E-state index is 0.0981. The molecule has 3 aromatic heterocycles. The number of hydrogen-bond acceptors (Lipinski definition) is 5. The van der Waals surface area contributed by atoms with Gasteiger partial charge >= 0.3 is 0 Å². The number of nitrogens with zero attached hydrogens (tertiary/aromatic N) is 4.